The van der Waals surface area contributed by atoms with Crippen LogP contribution in [-0.4, -0.2) is 46.6 Å². The molecular formula is C25H30N4O3S2. The van der Waals surface area contributed by atoms with Gasteiger partial charge in [0, 0.05) is 29.3 Å². The molecule has 0 bridgehead atoms. The summed E-state index contributed by atoms with van der Waals surface area (Å²) < 4.78 is 0. The van der Waals surface area contributed by atoms with Gasteiger partial charge in [0.1, 0.15) is 0 Å². The lowest BCUT2D eigenvalue weighted by Gasteiger charge is -2.16. The Labute approximate surface area is 210 Å². The van der Waals surface area contributed by atoms with Crippen LogP contribution in [0.1, 0.15) is 54.6 Å². The first-order chi connectivity index (χ1) is 16.4. The number of carboxylic acids is 1. The Hall–Kier alpha value is -2.91. The average molecular weight is 499 g/mol. The van der Waals surface area contributed by atoms with E-state index in [-0.39, 0.29) is 11.5 Å². The Morgan fingerprint density at radius 3 is 2.59 bits per heavy atom. The zero-order chi connectivity index (χ0) is 24.5. The number of nitrogens with zero attached hydrogens (tertiary/aromatic N) is 2. The number of aryl methyl sites for hydroxylation is 1. The van der Waals surface area contributed by atoms with Gasteiger partial charge in [0.2, 0.25) is 0 Å². The standard InChI is InChI=1S/C25H30N4O3S2/c1-3-5-6-14-29-21-12-11-19(34-15-13-17-7-9-18(10-8-17)24(31)32)16-20(21)22(23(29)30)27-28-25(33)26-4-2/h7-12,16H,3-6,13-15H2,1-2H3,(H,31,32)(H2,26,28,33)/b27-22-. The predicted octanol–water partition coefficient (Wildman–Crippen LogP) is 4.44. The van der Waals surface area contributed by atoms with E-state index in [0.717, 1.165) is 53.1 Å². The van der Waals surface area contributed by atoms with Crippen LogP contribution in [0, 0.1) is 0 Å². The summed E-state index contributed by atoms with van der Waals surface area (Å²) in [4.78, 5) is 27.0. The molecule has 0 saturated heterocycles. The molecule has 1 aliphatic heterocycles. The zero-order valence-corrected chi connectivity index (χ0v) is 21.1. The van der Waals surface area contributed by atoms with Gasteiger partial charge >= 0.3 is 5.97 Å². The maximum absolute atomic E-state index is 13.2. The van der Waals surface area contributed by atoms with E-state index in [4.69, 9.17) is 17.3 Å². The van der Waals surface area contributed by atoms with Gasteiger partial charge in [-0.2, -0.15) is 5.10 Å². The predicted molar refractivity (Wildman–Crippen MR) is 142 cm³/mol. The van der Waals surface area contributed by atoms with E-state index in [0.29, 0.717) is 23.9 Å². The molecule has 0 unspecified atom stereocenters. The average Bonchev–Trinajstić information content (AvgIpc) is 3.08. The summed E-state index contributed by atoms with van der Waals surface area (Å²) in [5.41, 5.74) is 6.23. The van der Waals surface area contributed by atoms with Crippen molar-refractivity contribution in [2.75, 3.05) is 23.7 Å². The molecule has 0 aromatic heterocycles. The van der Waals surface area contributed by atoms with Gasteiger partial charge in [-0.1, -0.05) is 31.9 Å². The maximum Gasteiger partial charge on any atom is 0.335 e. The molecule has 3 N–H and O–H groups in total. The maximum atomic E-state index is 13.2. The summed E-state index contributed by atoms with van der Waals surface area (Å²) in [7, 11) is 0. The number of hydrogen-bond acceptors (Lipinski definition) is 5. The molecule has 1 amide bonds. The lowest BCUT2D eigenvalue weighted by Crippen LogP contribution is -2.35. The van der Waals surface area contributed by atoms with E-state index in [2.05, 4.69) is 22.8 Å². The molecule has 0 saturated carbocycles. The number of aromatic carboxylic acids is 1. The number of benzene rings is 2. The fraction of sp³-hybridized carbons (Fsp3) is 0.360. The SMILES string of the molecule is CCCCCN1C(=O)/C(=N\NC(=S)NCC)c2cc(SCCc3ccc(C(=O)O)cc3)ccc21. The van der Waals surface area contributed by atoms with Crippen molar-refractivity contribution >= 4 is 52.4 Å². The van der Waals surface area contributed by atoms with Gasteiger partial charge in [-0.25, -0.2) is 4.79 Å². The monoisotopic (exact) mass is 498 g/mol. The number of thioether (sulfide) groups is 1. The molecule has 7 nitrogen and oxygen atoms in total. The Morgan fingerprint density at radius 2 is 1.91 bits per heavy atom. The van der Waals surface area contributed by atoms with E-state index >= 15 is 0 Å². The van der Waals surface area contributed by atoms with Crippen molar-refractivity contribution < 1.29 is 14.7 Å². The molecule has 0 aliphatic carbocycles. The summed E-state index contributed by atoms with van der Waals surface area (Å²) in [6.07, 6.45) is 3.90. The van der Waals surface area contributed by atoms with Gasteiger partial charge in [-0.3, -0.25) is 10.2 Å². The van der Waals surface area contributed by atoms with Crippen LogP contribution in [0.3, 0.4) is 0 Å². The summed E-state index contributed by atoms with van der Waals surface area (Å²) in [6.45, 7) is 5.41. The highest BCUT2D eigenvalue weighted by molar-refractivity contribution is 7.99. The number of thiocarbonyl (C=S) groups is 1. The second kappa shape index (κ2) is 12.5. The van der Waals surface area contributed by atoms with Crippen molar-refractivity contribution in [3.8, 4) is 0 Å². The molecule has 9 heteroatoms. The minimum atomic E-state index is -0.921. The summed E-state index contributed by atoms with van der Waals surface area (Å²) in [5.74, 6) is -0.205. The second-order valence-corrected chi connectivity index (χ2v) is 9.45. The molecule has 34 heavy (non-hydrogen) atoms. The van der Waals surface area contributed by atoms with Gasteiger partial charge in [0.25, 0.3) is 5.91 Å². The molecule has 3 rings (SSSR count). The van der Waals surface area contributed by atoms with Crippen molar-refractivity contribution in [1.82, 2.24) is 10.7 Å². The molecule has 2 aromatic rings. The van der Waals surface area contributed by atoms with Gasteiger partial charge < -0.3 is 15.3 Å². The Balaban J connectivity index is 1.73. The van der Waals surface area contributed by atoms with Crippen LogP contribution >= 0.6 is 24.0 Å². The van der Waals surface area contributed by atoms with Crippen LogP contribution < -0.4 is 15.6 Å². The smallest absolute Gasteiger partial charge is 0.335 e. The Kier molecular flexibility index (Phi) is 9.47. The number of fused-ring (bicyclic) bond motifs is 1. The van der Waals surface area contributed by atoms with Crippen LogP contribution in [0.15, 0.2) is 52.5 Å². The number of carboxylic acid groups (broad SMARTS) is 1. The van der Waals surface area contributed by atoms with Gasteiger partial charge in [0.15, 0.2) is 10.8 Å². The summed E-state index contributed by atoms with van der Waals surface area (Å²) >= 11 is 6.89. The molecule has 1 heterocycles. The number of carbonyl (C=O) groups is 2. The summed E-state index contributed by atoms with van der Waals surface area (Å²) in [5, 5.41) is 16.7. The van der Waals surface area contributed by atoms with Crippen LogP contribution in [0.2, 0.25) is 0 Å². The largest absolute Gasteiger partial charge is 0.478 e. The number of hydrazone groups is 1. The van der Waals surface area contributed by atoms with Crippen molar-refractivity contribution in [1.29, 1.82) is 0 Å². The number of amides is 1. The third-order valence-electron chi connectivity index (χ3n) is 5.41. The van der Waals surface area contributed by atoms with Crippen LogP contribution in [0.4, 0.5) is 5.69 Å². The Morgan fingerprint density at radius 1 is 1.15 bits per heavy atom. The number of carbonyl (C=O) groups excluding carboxylic acids is 1. The lowest BCUT2D eigenvalue weighted by molar-refractivity contribution is -0.112. The number of anilines is 1. The molecule has 2 aromatic carbocycles. The molecule has 180 valence electrons. The minimum absolute atomic E-state index is 0.112. The quantitative estimate of drug-likeness (QED) is 0.182. The zero-order valence-electron chi connectivity index (χ0n) is 19.5. The second-order valence-electron chi connectivity index (χ2n) is 7.88. The normalized spacial score (nSPS) is 13.8. The van der Waals surface area contributed by atoms with Crippen LogP contribution in [0.5, 0.6) is 0 Å². The number of hydrogen-bond donors (Lipinski definition) is 3. The van der Waals surface area contributed by atoms with Gasteiger partial charge in [-0.15, -0.1) is 11.8 Å². The third kappa shape index (κ3) is 6.57. The topological polar surface area (TPSA) is 94.0 Å². The van der Waals surface area contributed by atoms with Gasteiger partial charge in [0.05, 0.1) is 11.3 Å². The highest BCUT2D eigenvalue weighted by Gasteiger charge is 2.34. The first-order valence-corrected chi connectivity index (χ1v) is 12.9. The number of unbranched alkanes of at least 4 members (excludes halogenated alkanes) is 2. The first-order valence-electron chi connectivity index (χ1n) is 11.5. The van der Waals surface area contributed by atoms with Crippen molar-refractivity contribution in [3.63, 3.8) is 0 Å². The summed E-state index contributed by atoms with van der Waals surface area (Å²) in [6, 6.07) is 13.0. The molecule has 0 radical (unpaired) electrons. The van der Waals surface area contributed by atoms with Crippen molar-refractivity contribution in [2.24, 2.45) is 5.10 Å². The van der Waals surface area contributed by atoms with Gasteiger partial charge in [-0.05, 0) is 67.9 Å². The van der Waals surface area contributed by atoms with E-state index in [9.17, 15) is 9.59 Å². The number of nitrogens with one attached hydrogen (secondary N) is 2. The molecule has 0 spiro atoms. The fourth-order valence-corrected chi connectivity index (χ4v) is 4.77. The number of rotatable bonds is 11. The van der Waals surface area contributed by atoms with Crippen LogP contribution in [0.25, 0.3) is 0 Å². The third-order valence-corrected chi connectivity index (χ3v) is 6.65. The molecule has 1 aliphatic rings. The fourth-order valence-electron chi connectivity index (χ4n) is 3.64. The molecular weight excluding hydrogens is 468 g/mol. The van der Waals surface area contributed by atoms with E-state index in [1.165, 1.54) is 0 Å². The van der Waals surface area contributed by atoms with Crippen LogP contribution in [-0.2, 0) is 11.2 Å². The highest BCUT2D eigenvalue weighted by atomic mass is 32.2. The van der Waals surface area contributed by atoms with E-state index in [1.807, 2.05) is 37.3 Å². The molecule has 0 atom stereocenters. The first kappa shape index (κ1) is 25.7. The molecule has 0 fully saturated rings. The highest BCUT2D eigenvalue weighted by Crippen LogP contribution is 2.33. The van der Waals surface area contributed by atoms with E-state index < -0.39 is 5.97 Å². The van der Waals surface area contributed by atoms with Crippen molar-refractivity contribution in [2.45, 2.75) is 44.4 Å². The van der Waals surface area contributed by atoms with E-state index in [1.54, 1.807) is 28.8 Å². The minimum Gasteiger partial charge on any atom is -0.478 e. The lowest BCUT2D eigenvalue weighted by atomic mass is 10.1. The van der Waals surface area contributed by atoms with Crippen molar-refractivity contribution in [3.05, 3.63) is 59.2 Å². The Bertz CT molecular complexity index is 1070.